The summed E-state index contributed by atoms with van der Waals surface area (Å²) in [7, 11) is 1.22. The standard InChI is InChI=1S/C10H10BrF2NO3/c1-17-10-8(9(12)13)5(4-11)2-6(14-10)3-7(15)16/h2,9H,3-4H2,1H3,(H,15,16). The van der Waals surface area contributed by atoms with E-state index in [1.807, 2.05) is 0 Å². The zero-order valence-electron chi connectivity index (χ0n) is 8.91. The molecule has 94 valence electrons. The number of alkyl halides is 3. The Bertz CT molecular complexity index is 401. The minimum atomic E-state index is -2.72. The highest BCUT2D eigenvalue weighted by Crippen LogP contribution is 2.32. The highest BCUT2D eigenvalue weighted by molar-refractivity contribution is 9.08. The van der Waals surface area contributed by atoms with Crippen LogP contribution in [0.25, 0.3) is 0 Å². The molecule has 0 amide bonds. The van der Waals surface area contributed by atoms with Gasteiger partial charge in [-0.05, 0) is 11.6 Å². The smallest absolute Gasteiger partial charge is 0.309 e. The molecule has 0 aliphatic rings. The van der Waals surface area contributed by atoms with Gasteiger partial charge < -0.3 is 9.84 Å². The van der Waals surface area contributed by atoms with E-state index >= 15 is 0 Å². The van der Waals surface area contributed by atoms with Crippen molar-refractivity contribution in [3.05, 3.63) is 22.9 Å². The van der Waals surface area contributed by atoms with Gasteiger partial charge in [0, 0.05) is 5.33 Å². The lowest BCUT2D eigenvalue weighted by Crippen LogP contribution is -2.07. The van der Waals surface area contributed by atoms with Gasteiger partial charge in [-0.15, -0.1) is 0 Å². The summed E-state index contributed by atoms with van der Waals surface area (Å²) in [5.41, 5.74) is 0.162. The summed E-state index contributed by atoms with van der Waals surface area (Å²) in [6, 6.07) is 1.34. The molecule has 0 aliphatic carbocycles. The Morgan fingerprint density at radius 2 is 2.29 bits per heavy atom. The molecule has 0 bridgehead atoms. The Morgan fingerprint density at radius 1 is 1.65 bits per heavy atom. The quantitative estimate of drug-likeness (QED) is 0.849. The van der Waals surface area contributed by atoms with Crippen LogP contribution in [0.4, 0.5) is 8.78 Å². The van der Waals surface area contributed by atoms with Crippen LogP contribution in [-0.2, 0) is 16.5 Å². The predicted octanol–water partition coefficient (Wildman–Crippen LogP) is 2.55. The summed E-state index contributed by atoms with van der Waals surface area (Å²) in [5, 5.41) is 8.81. The summed E-state index contributed by atoms with van der Waals surface area (Å²) in [4.78, 5) is 14.3. The summed E-state index contributed by atoms with van der Waals surface area (Å²) in [5.74, 6) is -1.31. The molecule has 0 aliphatic heterocycles. The minimum absolute atomic E-state index is 0.179. The van der Waals surface area contributed by atoms with Crippen LogP contribution < -0.4 is 4.74 Å². The summed E-state index contributed by atoms with van der Waals surface area (Å²) < 4.78 is 30.4. The van der Waals surface area contributed by atoms with E-state index in [-0.39, 0.29) is 34.5 Å². The van der Waals surface area contributed by atoms with Gasteiger partial charge in [-0.1, -0.05) is 15.9 Å². The van der Waals surface area contributed by atoms with E-state index in [1.54, 1.807) is 0 Å². The fourth-order valence-electron chi connectivity index (χ4n) is 1.38. The zero-order valence-corrected chi connectivity index (χ0v) is 10.5. The van der Waals surface area contributed by atoms with Crippen LogP contribution in [0, 0.1) is 0 Å². The molecular weight excluding hydrogens is 300 g/mol. The molecule has 0 atom stereocenters. The number of aromatic nitrogens is 1. The second-order valence-corrected chi connectivity index (χ2v) is 3.76. The largest absolute Gasteiger partial charge is 0.481 e. The number of pyridine rings is 1. The third-order valence-corrected chi connectivity index (χ3v) is 2.65. The second-order valence-electron chi connectivity index (χ2n) is 3.20. The zero-order chi connectivity index (χ0) is 13.0. The number of halogens is 3. The number of carbonyl (C=O) groups is 1. The number of carboxylic acids is 1. The topological polar surface area (TPSA) is 59.4 Å². The number of methoxy groups -OCH3 is 1. The Morgan fingerprint density at radius 3 is 2.71 bits per heavy atom. The number of aliphatic carboxylic acids is 1. The predicted molar refractivity (Wildman–Crippen MR) is 59.7 cm³/mol. The van der Waals surface area contributed by atoms with E-state index in [2.05, 4.69) is 20.9 Å². The average molecular weight is 310 g/mol. The monoisotopic (exact) mass is 309 g/mol. The summed E-state index contributed by atoms with van der Waals surface area (Å²) in [6.45, 7) is 0. The fourth-order valence-corrected chi connectivity index (χ4v) is 1.85. The molecule has 0 aromatic carbocycles. The van der Waals surface area contributed by atoms with E-state index in [0.717, 1.165) is 0 Å². The molecule has 0 radical (unpaired) electrons. The first kappa shape index (κ1) is 13.8. The van der Waals surface area contributed by atoms with Crippen molar-refractivity contribution >= 4 is 21.9 Å². The van der Waals surface area contributed by atoms with Gasteiger partial charge in [0.15, 0.2) is 0 Å². The maximum absolute atomic E-state index is 12.8. The van der Waals surface area contributed by atoms with Crippen LogP contribution in [0.2, 0.25) is 0 Å². The molecule has 0 saturated heterocycles. The number of hydrogen-bond donors (Lipinski definition) is 1. The third-order valence-electron chi connectivity index (χ3n) is 2.05. The van der Waals surface area contributed by atoms with Crippen molar-refractivity contribution in [3.63, 3.8) is 0 Å². The summed E-state index contributed by atoms with van der Waals surface area (Å²) >= 11 is 3.08. The Hall–Kier alpha value is -1.24. The van der Waals surface area contributed by atoms with Crippen LogP contribution in [0.15, 0.2) is 6.07 Å². The second kappa shape index (κ2) is 5.90. The van der Waals surface area contributed by atoms with Crippen molar-refractivity contribution in [1.29, 1.82) is 0 Å². The first-order valence-corrected chi connectivity index (χ1v) is 5.74. The van der Waals surface area contributed by atoms with Gasteiger partial charge in [0.2, 0.25) is 5.88 Å². The molecule has 4 nitrogen and oxygen atoms in total. The molecule has 17 heavy (non-hydrogen) atoms. The van der Waals surface area contributed by atoms with Crippen LogP contribution >= 0.6 is 15.9 Å². The summed E-state index contributed by atoms with van der Waals surface area (Å²) in [6.07, 6.45) is -3.05. The van der Waals surface area contributed by atoms with Crippen molar-refractivity contribution in [2.24, 2.45) is 0 Å². The Kier molecular flexibility index (Phi) is 4.80. The molecule has 0 saturated carbocycles. The van der Waals surface area contributed by atoms with Crippen LogP contribution in [0.1, 0.15) is 23.2 Å². The van der Waals surface area contributed by atoms with E-state index < -0.39 is 12.4 Å². The Labute approximate surface area is 105 Å². The van der Waals surface area contributed by atoms with Gasteiger partial charge in [-0.25, -0.2) is 13.8 Å². The normalized spacial score (nSPS) is 10.6. The van der Waals surface area contributed by atoms with Gasteiger partial charge in [-0.3, -0.25) is 4.79 Å². The van der Waals surface area contributed by atoms with E-state index in [4.69, 9.17) is 9.84 Å². The van der Waals surface area contributed by atoms with Gasteiger partial charge in [-0.2, -0.15) is 0 Å². The molecule has 0 unspecified atom stereocenters. The van der Waals surface area contributed by atoms with Gasteiger partial charge >= 0.3 is 5.97 Å². The van der Waals surface area contributed by atoms with Crippen molar-refractivity contribution in [1.82, 2.24) is 4.98 Å². The highest BCUT2D eigenvalue weighted by Gasteiger charge is 2.21. The lowest BCUT2D eigenvalue weighted by atomic mass is 10.1. The maximum atomic E-state index is 12.8. The van der Waals surface area contributed by atoms with Crippen LogP contribution in [0.5, 0.6) is 5.88 Å². The molecule has 1 N–H and O–H groups in total. The van der Waals surface area contributed by atoms with E-state index in [9.17, 15) is 13.6 Å². The molecule has 7 heteroatoms. The lowest BCUT2D eigenvalue weighted by Gasteiger charge is -2.12. The lowest BCUT2D eigenvalue weighted by molar-refractivity contribution is -0.136. The molecule has 0 fully saturated rings. The highest BCUT2D eigenvalue weighted by atomic mass is 79.9. The maximum Gasteiger partial charge on any atom is 0.309 e. The van der Waals surface area contributed by atoms with Crippen LogP contribution in [-0.4, -0.2) is 23.2 Å². The van der Waals surface area contributed by atoms with Crippen LogP contribution in [0.3, 0.4) is 0 Å². The number of hydrogen-bond acceptors (Lipinski definition) is 3. The van der Waals surface area contributed by atoms with Crippen molar-refractivity contribution in [3.8, 4) is 5.88 Å². The number of nitrogens with zero attached hydrogens (tertiary/aromatic N) is 1. The van der Waals surface area contributed by atoms with E-state index in [1.165, 1.54) is 13.2 Å². The molecule has 1 heterocycles. The van der Waals surface area contributed by atoms with Gasteiger partial charge in [0.25, 0.3) is 6.43 Å². The first-order chi connectivity index (χ1) is 7.99. The molecule has 0 spiro atoms. The first-order valence-electron chi connectivity index (χ1n) is 4.62. The minimum Gasteiger partial charge on any atom is -0.481 e. The third kappa shape index (κ3) is 3.36. The van der Waals surface area contributed by atoms with Crippen molar-refractivity contribution in [2.75, 3.05) is 7.11 Å². The van der Waals surface area contributed by atoms with Gasteiger partial charge in [0.05, 0.1) is 24.8 Å². The van der Waals surface area contributed by atoms with E-state index in [0.29, 0.717) is 0 Å². The number of rotatable bonds is 5. The molecular formula is C10H10BrF2NO3. The molecule has 1 aromatic rings. The SMILES string of the molecule is COc1nc(CC(=O)O)cc(CBr)c1C(F)F. The average Bonchev–Trinajstić information content (AvgIpc) is 2.26. The fraction of sp³-hybridized carbons (Fsp3) is 0.400. The van der Waals surface area contributed by atoms with Gasteiger partial charge in [0.1, 0.15) is 0 Å². The number of carboxylic acid groups (broad SMARTS) is 1. The Balaban J connectivity index is 3.28. The molecule has 1 aromatic heterocycles. The molecule has 1 rings (SSSR count). The van der Waals surface area contributed by atoms with Crippen molar-refractivity contribution < 1.29 is 23.4 Å². The number of ether oxygens (including phenoxy) is 1. The van der Waals surface area contributed by atoms with Crippen molar-refractivity contribution in [2.45, 2.75) is 18.2 Å².